The molecule has 2 heterocycles. The fraction of sp³-hybridized carbons (Fsp3) is 0.429. The summed E-state index contributed by atoms with van der Waals surface area (Å²) in [4.78, 5) is 6.32. The lowest BCUT2D eigenvalue weighted by Crippen LogP contribution is -2.23. The Balaban J connectivity index is 1.99. The molecular weight excluding hydrogens is 284 g/mol. The number of anilines is 1. The second-order valence-corrected chi connectivity index (χ2v) is 5.57. The molecule has 21 heavy (non-hydrogen) atoms. The van der Waals surface area contributed by atoms with Crippen LogP contribution >= 0.6 is 11.3 Å². The van der Waals surface area contributed by atoms with Gasteiger partial charge in [0.25, 0.3) is 0 Å². The van der Waals surface area contributed by atoms with Gasteiger partial charge in [0.15, 0.2) is 0 Å². The topological polar surface area (TPSA) is 77.7 Å². The molecule has 0 atom stereocenters. The highest BCUT2D eigenvalue weighted by atomic mass is 32.1. The van der Waals surface area contributed by atoms with Crippen LogP contribution in [0.25, 0.3) is 0 Å². The SMILES string of the molecule is CCNc1nnc(CN(CCC#N)Cc2cccnc2)s1. The third-order valence-electron chi connectivity index (χ3n) is 2.82. The van der Waals surface area contributed by atoms with E-state index < -0.39 is 0 Å². The van der Waals surface area contributed by atoms with Crippen LogP contribution in [0.4, 0.5) is 5.13 Å². The predicted molar refractivity (Wildman–Crippen MR) is 82.7 cm³/mol. The van der Waals surface area contributed by atoms with Crippen molar-refractivity contribution in [3.63, 3.8) is 0 Å². The largest absolute Gasteiger partial charge is 0.360 e. The highest BCUT2D eigenvalue weighted by Crippen LogP contribution is 2.17. The van der Waals surface area contributed by atoms with E-state index in [9.17, 15) is 0 Å². The normalized spacial score (nSPS) is 10.5. The minimum Gasteiger partial charge on any atom is -0.360 e. The molecule has 0 aromatic carbocycles. The Morgan fingerprint density at radius 2 is 2.29 bits per heavy atom. The van der Waals surface area contributed by atoms with Crippen LogP contribution in [0.3, 0.4) is 0 Å². The van der Waals surface area contributed by atoms with Crippen molar-refractivity contribution in [2.45, 2.75) is 26.4 Å². The standard InChI is InChI=1S/C14H18N6S/c1-2-17-14-19-18-13(21-14)11-20(8-4-6-15)10-12-5-3-7-16-9-12/h3,5,7,9H,2,4,8,10-11H2,1H3,(H,17,19). The molecule has 0 aliphatic rings. The van der Waals surface area contributed by atoms with Gasteiger partial charge in [-0.1, -0.05) is 17.4 Å². The molecule has 1 N–H and O–H groups in total. The molecule has 6 nitrogen and oxygen atoms in total. The summed E-state index contributed by atoms with van der Waals surface area (Å²) in [7, 11) is 0. The van der Waals surface area contributed by atoms with E-state index in [0.717, 1.165) is 28.8 Å². The number of nitrogens with zero attached hydrogens (tertiary/aromatic N) is 5. The van der Waals surface area contributed by atoms with Crippen LogP contribution in [-0.4, -0.2) is 33.2 Å². The van der Waals surface area contributed by atoms with Gasteiger partial charge in [-0.15, -0.1) is 10.2 Å². The molecule has 110 valence electrons. The van der Waals surface area contributed by atoms with Crippen LogP contribution in [0, 0.1) is 11.3 Å². The van der Waals surface area contributed by atoms with Crippen molar-refractivity contribution in [2.24, 2.45) is 0 Å². The van der Waals surface area contributed by atoms with Gasteiger partial charge in [-0.2, -0.15) is 5.26 Å². The van der Waals surface area contributed by atoms with Gasteiger partial charge < -0.3 is 5.32 Å². The van der Waals surface area contributed by atoms with Gasteiger partial charge >= 0.3 is 0 Å². The molecule has 2 aromatic heterocycles. The van der Waals surface area contributed by atoms with Crippen LogP contribution in [0.1, 0.15) is 23.9 Å². The summed E-state index contributed by atoms with van der Waals surface area (Å²) < 4.78 is 0. The van der Waals surface area contributed by atoms with E-state index >= 15 is 0 Å². The van der Waals surface area contributed by atoms with Gasteiger partial charge in [-0.25, -0.2) is 0 Å². The van der Waals surface area contributed by atoms with Crippen molar-refractivity contribution in [1.29, 1.82) is 5.26 Å². The van der Waals surface area contributed by atoms with E-state index in [2.05, 4.69) is 31.5 Å². The molecule has 0 saturated carbocycles. The van der Waals surface area contributed by atoms with E-state index in [-0.39, 0.29) is 0 Å². The molecule has 7 heteroatoms. The van der Waals surface area contributed by atoms with Crippen molar-refractivity contribution in [1.82, 2.24) is 20.1 Å². The van der Waals surface area contributed by atoms with Crippen LogP contribution < -0.4 is 5.32 Å². The third kappa shape index (κ3) is 5.10. The van der Waals surface area contributed by atoms with Gasteiger partial charge in [0.05, 0.1) is 12.6 Å². The average Bonchev–Trinajstić information content (AvgIpc) is 2.93. The van der Waals surface area contributed by atoms with Gasteiger partial charge in [-0.3, -0.25) is 9.88 Å². The Labute approximate surface area is 128 Å². The first-order valence-corrected chi connectivity index (χ1v) is 7.68. The zero-order valence-electron chi connectivity index (χ0n) is 12.0. The van der Waals surface area contributed by atoms with E-state index in [1.54, 1.807) is 17.5 Å². The summed E-state index contributed by atoms with van der Waals surface area (Å²) in [6.07, 6.45) is 4.11. The molecule has 0 radical (unpaired) electrons. The summed E-state index contributed by atoms with van der Waals surface area (Å²) in [5.74, 6) is 0. The Kier molecular flexibility index (Phi) is 6.06. The fourth-order valence-electron chi connectivity index (χ4n) is 1.90. The van der Waals surface area contributed by atoms with Gasteiger partial charge in [0.2, 0.25) is 5.13 Å². The van der Waals surface area contributed by atoms with Crippen molar-refractivity contribution in [2.75, 3.05) is 18.4 Å². The van der Waals surface area contributed by atoms with Crippen molar-refractivity contribution in [3.8, 4) is 6.07 Å². The van der Waals surface area contributed by atoms with E-state index in [0.29, 0.717) is 19.5 Å². The maximum atomic E-state index is 8.80. The minimum atomic E-state index is 0.499. The second-order valence-electron chi connectivity index (χ2n) is 4.51. The molecule has 0 aliphatic carbocycles. The second kappa shape index (κ2) is 8.29. The zero-order chi connectivity index (χ0) is 14.9. The van der Waals surface area contributed by atoms with Crippen molar-refractivity contribution >= 4 is 16.5 Å². The lowest BCUT2D eigenvalue weighted by Gasteiger charge is -2.19. The van der Waals surface area contributed by atoms with Crippen LogP contribution in [0.15, 0.2) is 24.5 Å². The maximum Gasteiger partial charge on any atom is 0.205 e. The molecule has 0 bridgehead atoms. The quantitative estimate of drug-likeness (QED) is 0.806. The monoisotopic (exact) mass is 302 g/mol. The first-order chi connectivity index (χ1) is 10.3. The number of nitrogens with one attached hydrogen (secondary N) is 1. The Morgan fingerprint density at radius 3 is 3.00 bits per heavy atom. The highest BCUT2D eigenvalue weighted by Gasteiger charge is 2.11. The number of rotatable bonds is 8. The first-order valence-electron chi connectivity index (χ1n) is 6.86. The number of hydrogen-bond acceptors (Lipinski definition) is 7. The summed E-state index contributed by atoms with van der Waals surface area (Å²) in [6.45, 7) is 5.03. The molecule has 2 aromatic rings. The minimum absolute atomic E-state index is 0.499. The van der Waals surface area contributed by atoms with Crippen molar-refractivity contribution in [3.05, 3.63) is 35.1 Å². The van der Waals surface area contributed by atoms with E-state index in [1.165, 1.54) is 0 Å². The summed E-state index contributed by atoms with van der Waals surface area (Å²) in [5, 5.41) is 22.0. The van der Waals surface area contributed by atoms with Gasteiger partial charge in [0.1, 0.15) is 5.01 Å². The maximum absolute atomic E-state index is 8.80. The number of hydrogen-bond donors (Lipinski definition) is 1. The number of pyridine rings is 1. The first kappa shape index (κ1) is 15.4. The van der Waals surface area contributed by atoms with Crippen LogP contribution in [0.2, 0.25) is 0 Å². The summed E-state index contributed by atoms with van der Waals surface area (Å²) >= 11 is 1.56. The molecule has 0 saturated heterocycles. The smallest absolute Gasteiger partial charge is 0.205 e. The average molecular weight is 302 g/mol. The molecule has 0 unspecified atom stereocenters. The molecule has 0 fully saturated rings. The molecular formula is C14H18N6S. The van der Waals surface area contributed by atoms with Crippen LogP contribution in [-0.2, 0) is 13.1 Å². The summed E-state index contributed by atoms with van der Waals surface area (Å²) in [5.41, 5.74) is 1.13. The van der Waals surface area contributed by atoms with E-state index in [4.69, 9.17) is 5.26 Å². The molecule has 0 amide bonds. The number of aromatic nitrogens is 3. The third-order valence-corrected chi connectivity index (χ3v) is 3.69. The van der Waals surface area contributed by atoms with E-state index in [1.807, 2.05) is 25.3 Å². The van der Waals surface area contributed by atoms with Crippen LogP contribution in [0.5, 0.6) is 0 Å². The molecule has 0 aliphatic heterocycles. The number of nitriles is 1. The molecule has 2 rings (SSSR count). The predicted octanol–water partition coefficient (Wildman–Crippen LogP) is 2.28. The zero-order valence-corrected chi connectivity index (χ0v) is 12.8. The lowest BCUT2D eigenvalue weighted by molar-refractivity contribution is 0.261. The van der Waals surface area contributed by atoms with Crippen molar-refractivity contribution < 1.29 is 0 Å². The van der Waals surface area contributed by atoms with Gasteiger partial charge in [0, 0.05) is 38.4 Å². The highest BCUT2D eigenvalue weighted by molar-refractivity contribution is 7.15. The Morgan fingerprint density at radius 1 is 1.38 bits per heavy atom. The summed E-state index contributed by atoms with van der Waals surface area (Å²) in [6, 6.07) is 6.15. The Hall–Kier alpha value is -2.04. The lowest BCUT2D eigenvalue weighted by atomic mass is 10.2. The van der Waals surface area contributed by atoms with Gasteiger partial charge in [-0.05, 0) is 18.6 Å². The fourth-order valence-corrected chi connectivity index (χ4v) is 2.75. The molecule has 0 spiro atoms. The Bertz CT molecular complexity index is 577.